The lowest BCUT2D eigenvalue weighted by atomic mass is 10.0. The lowest BCUT2D eigenvalue weighted by Crippen LogP contribution is -2.02. The molecule has 1 aromatic heterocycles. The Labute approximate surface area is 164 Å². The summed E-state index contributed by atoms with van der Waals surface area (Å²) in [5.41, 5.74) is 5.78. The van der Waals surface area contributed by atoms with Crippen molar-refractivity contribution in [1.82, 2.24) is 9.97 Å². The predicted molar refractivity (Wildman–Crippen MR) is 114 cm³/mol. The number of terminal acetylenes is 1. The normalized spacial score (nSPS) is 10.3. The van der Waals surface area contributed by atoms with Crippen LogP contribution in [-0.4, -0.2) is 9.97 Å². The summed E-state index contributed by atoms with van der Waals surface area (Å²) in [6, 6.07) is 15.4. The van der Waals surface area contributed by atoms with Crippen molar-refractivity contribution in [2.24, 2.45) is 0 Å². The van der Waals surface area contributed by atoms with Gasteiger partial charge in [-0.3, -0.25) is 0 Å². The quantitative estimate of drug-likeness (QED) is 0.486. The van der Waals surface area contributed by atoms with Gasteiger partial charge in [-0.2, -0.15) is 10.2 Å². The molecule has 0 bridgehead atoms. The highest BCUT2D eigenvalue weighted by Gasteiger charge is 2.07. The number of hydrogen-bond donors (Lipinski definition) is 2. The van der Waals surface area contributed by atoms with Crippen molar-refractivity contribution >= 4 is 29.2 Å². The number of nitriles is 1. The second-order valence-electron chi connectivity index (χ2n) is 6.23. The summed E-state index contributed by atoms with van der Waals surface area (Å²) >= 11 is 0. The average Bonchev–Trinajstić information content (AvgIpc) is 2.70. The third-order valence-corrected chi connectivity index (χ3v) is 4.12. The molecule has 2 N–H and O–H groups in total. The molecular formula is C23H19N5. The Hall–Kier alpha value is -4.09. The maximum Gasteiger partial charge on any atom is 0.229 e. The van der Waals surface area contributed by atoms with Crippen molar-refractivity contribution in [2.45, 2.75) is 13.8 Å². The molecule has 0 saturated carbocycles. The van der Waals surface area contributed by atoms with Crippen LogP contribution in [0.2, 0.25) is 0 Å². The van der Waals surface area contributed by atoms with Crippen LogP contribution in [0, 0.1) is 37.5 Å². The van der Waals surface area contributed by atoms with Gasteiger partial charge in [0.1, 0.15) is 5.82 Å². The third kappa shape index (κ3) is 4.55. The molecule has 3 aromatic rings. The zero-order valence-corrected chi connectivity index (χ0v) is 15.7. The number of aromatic nitrogens is 2. The first-order chi connectivity index (χ1) is 13.6. The van der Waals surface area contributed by atoms with Crippen LogP contribution in [0.5, 0.6) is 0 Å². The summed E-state index contributed by atoms with van der Waals surface area (Å²) < 4.78 is 0. The molecule has 3 rings (SSSR count). The van der Waals surface area contributed by atoms with Crippen molar-refractivity contribution in [2.75, 3.05) is 10.6 Å². The number of nitrogens with one attached hydrogen (secondary N) is 2. The molecule has 0 aliphatic heterocycles. The highest BCUT2D eigenvalue weighted by atomic mass is 15.1. The molecule has 136 valence electrons. The van der Waals surface area contributed by atoms with E-state index in [-0.39, 0.29) is 0 Å². The number of nitrogens with zero attached hydrogens (tertiary/aromatic N) is 3. The summed E-state index contributed by atoms with van der Waals surface area (Å²) in [6.45, 7) is 4.04. The zero-order chi connectivity index (χ0) is 19.9. The molecule has 0 saturated heterocycles. The second-order valence-corrected chi connectivity index (χ2v) is 6.23. The van der Waals surface area contributed by atoms with E-state index in [2.05, 4.69) is 26.5 Å². The number of rotatable bonds is 5. The average molecular weight is 365 g/mol. The van der Waals surface area contributed by atoms with E-state index in [4.69, 9.17) is 11.7 Å². The smallest absolute Gasteiger partial charge is 0.229 e. The van der Waals surface area contributed by atoms with Gasteiger partial charge in [0.05, 0.1) is 6.07 Å². The lowest BCUT2D eigenvalue weighted by Gasteiger charge is -2.14. The zero-order valence-electron chi connectivity index (χ0n) is 15.7. The SMILES string of the molecule is C#Cc1ccc(Nc2nccc(Nc3c(C)cc(/C=C/C#N)cc3C)n2)cc1. The van der Waals surface area contributed by atoms with Crippen LogP contribution in [-0.2, 0) is 0 Å². The summed E-state index contributed by atoms with van der Waals surface area (Å²) in [6.07, 6.45) is 10.3. The molecule has 0 spiro atoms. The van der Waals surface area contributed by atoms with Gasteiger partial charge >= 0.3 is 0 Å². The van der Waals surface area contributed by atoms with Crippen molar-refractivity contribution in [3.63, 3.8) is 0 Å². The monoisotopic (exact) mass is 365 g/mol. The van der Waals surface area contributed by atoms with Crippen LogP contribution in [0.1, 0.15) is 22.3 Å². The molecule has 2 aromatic carbocycles. The van der Waals surface area contributed by atoms with Crippen molar-refractivity contribution in [3.8, 4) is 18.4 Å². The van der Waals surface area contributed by atoms with Crippen molar-refractivity contribution in [1.29, 1.82) is 5.26 Å². The second kappa shape index (κ2) is 8.53. The van der Waals surface area contributed by atoms with Crippen LogP contribution < -0.4 is 10.6 Å². The molecule has 0 fully saturated rings. The molecule has 5 nitrogen and oxygen atoms in total. The fraction of sp³-hybridized carbons (Fsp3) is 0.0870. The molecule has 5 heteroatoms. The molecule has 28 heavy (non-hydrogen) atoms. The first kappa shape index (κ1) is 18.7. The van der Waals surface area contributed by atoms with Gasteiger partial charge in [0, 0.05) is 29.2 Å². The minimum absolute atomic E-state index is 0.488. The molecule has 0 atom stereocenters. The summed E-state index contributed by atoms with van der Waals surface area (Å²) in [5.74, 6) is 3.76. The Morgan fingerprint density at radius 3 is 2.39 bits per heavy atom. The largest absolute Gasteiger partial charge is 0.340 e. The van der Waals surface area contributed by atoms with E-state index in [1.165, 1.54) is 6.08 Å². The lowest BCUT2D eigenvalue weighted by molar-refractivity contribution is 1.16. The highest BCUT2D eigenvalue weighted by molar-refractivity contribution is 5.69. The number of allylic oxidation sites excluding steroid dienone is 1. The first-order valence-electron chi connectivity index (χ1n) is 8.70. The molecular weight excluding hydrogens is 346 g/mol. The van der Waals surface area contributed by atoms with E-state index in [1.54, 1.807) is 12.3 Å². The van der Waals surface area contributed by atoms with Crippen LogP contribution >= 0.6 is 0 Å². The van der Waals surface area contributed by atoms with Gasteiger partial charge in [-0.05, 0) is 79.1 Å². The molecule has 0 aliphatic carbocycles. The minimum atomic E-state index is 0.488. The van der Waals surface area contributed by atoms with Crippen LogP contribution in [0.15, 0.2) is 54.7 Å². The van der Waals surface area contributed by atoms with Gasteiger partial charge in [-0.15, -0.1) is 6.42 Å². The van der Waals surface area contributed by atoms with Crippen LogP contribution in [0.3, 0.4) is 0 Å². The standard InChI is InChI=1S/C23H19N5/c1-4-18-7-9-20(10-8-18)26-23-25-13-11-21(28-23)27-22-16(2)14-19(6-5-12-24)15-17(22)3/h1,5-11,13-15H,2-3H3,(H2,25,26,27,28)/b6-5+. The van der Waals surface area contributed by atoms with Crippen LogP contribution in [0.25, 0.3) is 6.08 Å². The molecule has 0 radical (unpaired) electrons. The first-order valence-corrected chi connectivity index (χ1v) is 8.70. The molecule has 1 heterocycles. The summed E-state index contributed by atoms with van der Waals surface area (Å²) in [7, 11) is 0. The fourth-order valence-electron chi connectivity index (χ4n) is 2.82. The third-order valence-electron chi connectivity index (χ3n) is 4.12. The Morgan fingerprint density at radius 2 is 1.75 bits per heavy atom. The van der Waals surface area contributed by atoms with Gasteiger partial charge in [-0.1, -0.05) is 5.92 Å². The van der Waals surface area contributed by atoms with E-state index in [9.17, 15) is 0 Å². The van der Waals surface area contributed by atoms with Crippen molar-refractivity contribution < 1.29 is 0 Å². The molecule has 0 unspecified atom stereocenters. The Bertz CT molecular complexity index is 1080. The van der Waals surface area contributed by atoms with Gasteiger partial charge < -0.3 is 10.6 Å². The maximum absolute atomic E-state index is 8.70. The maximum atomic E-state index is 8.70. The Kier molecular flexibility index (Phi) is 5.69. The fourth-order valence-corrected chi connectivity index (χ4v) is 2.82. The van der Waals surface area contributed by atoms with Gasteiger partial charge in [0.25, 0.3) is 0 Å². The minimum Gasteiger partial charge on any atom is -0.340 e. The van der Waals surface area contributed by atoms with E-state index < -0.39 is 0 Å². The Balaban J connectivity index is 1.80. The van der Waals surface area contributed by atoms with E-state index in [0.29, 0.717) is 11.8 Å². The number of anilines is 4. The summed E-state index contributed by atoms with van der Waals surface area (Å²) in [4.78, 5) is 8.80. The summed E-state index contributed by atoms with van der Waals surface area (Å²) in [5, 5.41) is 15.2. The highest BCUT2D eigenvalue weighted by Crippen LogP contribution is 2.26. The van der Waals surface area contributed by atoms with E-state index >= 15 is 0 Å². The van der Waals surface area contributed by atoms with Crippen LogP contribution in [0.4, 0.5) is 23.1 Å². The number of aryl methyl sites for hydroxylation is 2. The van der Waals surface area contributed by atoms with Gasteiger partial charge in [-0.25, -0.2) is 4.98 Å². The number of benzene rings is 2. The van der Waals surface area contributed by atoms with E-state index in [0.717, 1.165) is 33.6 Å². The molecule has 0 amide bonds. The topological polar surface area (TPSA) is 73.6 Å². The van der Waals surface area contributed by atoms with Gasteiger partial charge in [0.15, 0.2) is 0 Å². The number of hydrogen-bond acceptors (Lipinski definition) is 5. The van der Waals surface area contributed by atoms with Gasteiger partial charge in [0.2, 0.25) is 5.95 Å². The predicted octanol–water partition coefficient (Wildman–Crippen LogP) is 5.10. The van der Waals surface area contributed by atoms with E-state index in [1.807, 2.05) is 62.4 Å². The molecule has 0 aliphatic rings. The Morgan fingerprint density at radius 1 is 1.04 bits per heavy atom. The van der Waals surface area contributed by atoms with Crippen molar-refractivity contribution in [3.05, 3.63) is 77.0 Å².